The number of hydrogen-bond acceptors (Lipinski definition) is 2. The van der Waals surface area contributed by atoms with Crippen LogP contribution in [-0.2, 0) is 9.59 Å². The highest BCUT2D eigenvalue weighted by Crippen LogP contribution is 2.33. The van der Waals surface area contributed by atoms with Crippen LogP contribution in [0.3, 0.4) is 0 Å². The summed E-state index contributed by atoms with van der Waals surface area (Å²) in [5.41, 5.74) is 0. The molecule has 4 nitrogen and oxygen atoms in total. The molecule has 0 spiro atoms. The lowest BCUT2D eigenvalue weighted by atomic mass is 9.78. The van der Waals surface area contributed by atoms with Gasteiger partial charge in [-0.3, -0.25) is 9.59 Å². The molecule has 3 heterocycles. The minimum Gasteiger partial charge on any atom is -0.481 e. The van der Waals surface area contributed by atoms with Crippen LogP contribution in [-0.4, -0.2) is 35.0 Å². The Morgan fingerprint density at radius 1 is 1.42 bits per heavy atom. The molecule has 3 aliphatic rings. The maximum absolute atomic E-state index is 11.4. The van der Waals surface area contributed by atoms with Crippen molar-refractivity contribution in [2.24, 2.45) is 11.8 Å². The number of fused-ring (bicyclic) bond motifs is 3. The molecular formula is C8H11NO3. The zero-order valence-corrected chi connectivity index (χ0v) is 6.69. The Morgan fingerprint density at radius 3 is 2.33 bits per heavy atom. The Morgan fingerprint density at radius 2 is 2.00 bits per heavy atom. The zero-order valence-electron chi connectivity index (χ0n) is 6.69. The number of aliphatic carboxylic acids is 1. The van der Waals surface area contributed by atoms with Crippen LogP contribution in [0.15, 0.2) is 0 Å². The third-order valence-electron chi connectivity index (χ3n) is 2.85. The monoisotopic (exact) mass is 169 g/mol. The van der Waals surface area contributed by atoms with E-state index >= 15 is 0 Å². The first-order chi connectivity index (χ1) is 5.70. The number of rotatable bonds is 1. The second-order valence-electron chi connectivity index (χ2n) is 3.48. The van der Waals surface area contributed by atoms with Crippen molar-refractivity contribution in [3.63, 3.8) is 0 Å². The fourth-order valence-corrected chi connectivity index (χ4v) is 2.16. The number of piperidine rings is 3. The molecule has 2 bridgehead atoms. The molecule has 0 aromatic rings. The van der Waals surface area contributed by atoms with Crippen LogP contribution in [0.1, 0.15) is 12.8 Å². The summed E-state index contributed by atoms with van der Waals surface area (Å²) in [6.07, 6.45) is 1.73. The first kappa shape index (κ1) is 7.58. The zero-order chi connectivity index (χ0) is 8.72. The highest BCUT2D eigenvalue weighted by Gasteiger charge is 2.44. The Kier molecular flexibility index (Phi) is 1.56. The smallest absolute Gasteiger partial charge is 0.316 e. The molecule has 4 heteroatoms. The van der Waals surface area contributed by atoms with E-state index < -0.39 is 11.9 Å². The Bertz CT molecular complexity index is 230. The quantitative estimate of drug-likeness (QED) is 0.559. The van der Waals surface area contributed by atoms with Crippen molar-refractivity contribution in [2.75, 3.05) is 13.1 Å². The molecule has 0 saturated carbocycles. The maximum atomic E-state index is 11.4. The number of carbonyl (C=O) groups is 2. The fraction of sp³-hybridized carbons (Fsp3) is 0.750. The minimum atomic E-state index is -0.950. The molecule has 1 N–H and O–H groups in total. The molecular weight excluding hydrogens is 158 g/mol. The highest BCUT2D eigenvalue weighted by molar-refractivity contribution is 5.98. The third kappa shape index (κ3) is 0.906. The van der Waals surface area contributed by atoms with Gasteiger partial charge < -0.3 is 10.0 Å². The SMILES string of the molecule is O=C(O)C1C(=O)N2CCC1CC2. The fourth-order valence-electron chi connectivity index (χ4n) is 2.16. The molecule has 0 aromatic carbocycles. The molecule has 12 heavy (non-hydrogen) atoms. The average Bonchev–Trinajstić information content (AvgIpc) is 2.05. The highest BCUT2D eigenvalue weighted by atomic mass is 16.4. The van der Waals surface area contributed by atoms with Gasteiger partial charge >= 0.3 is 5.97 Å². The van der Waals surface area contributed by atoms with E-state index in [0.717, 1.165) is 25.9 Å². The van der Waals surface area contributed by atoms with Gasteiger partial charge in [0, 0.05) is 13.1 Å². The summed E-state index contributed by atoms with van der Waals surface area (Å²) in [5, 5.41) is 8.78. The van der Waals surface area contributed by atoms with E-state index in [1.54, 1.807) is 4.90 Å². The minimum absolute atomic E-state index is 0.0972. The average molecular weight is 169 g/mol. The second-order valence-corrected chi connectivity index (χ2v) is 3.48. The van der Waals surface area contributed by atoms with Crippen LogP contribution in [0.2, 0.25) is 0 Å². The van der Waals surface area contributed by atoms with Gasteiger partial charge in [0.15, 0.2) is 0 Å². The van der Waals surface area contributed by atoms with Gasteiger partial charge in [-0.2, -0.15) is 0 Å². The Hall–Kier alpha value is -1.06. The van der Waals surface area contributed by atoms with Crippen LogP contribution in [0, 0.1) is 11.8 Å². The van der Waals surface area contributed by atoms with Gasteiger partial charge in [-0.25, -0.2) is 0 Å². The molecule has 1 unspecified atom stereocenters. The standard InChI is InChI=1S/C8H11NO3/c10-7-6(8(11)12)5-1-3-9(7)4-2-5/h5-6H,1-4H2,(H,11,12). The lowest BCUT2D eigenvalue weighted by Gasteiger charge is -2.42. The van der Waals surface area contributed by atoms with Crippen LogP contribution >= 0.6 is 0 Å². The molecule has 1 amide bonds. The number of carbonyl (C=O) groups excluding carboxylic acids is 1. The van der Waals surface area contributed by atoms with E-state index in [4.69, 9.17) is 5.11 Å². The van der Waals surface area contributed by atoms with Gasteiger partial charge in [-0.1, -0.05) is 0 Å². The Balaban J connectivity index is 2.24. The largest absolute Gasteiger partial charge is 0.481 e. The summed E-state index contributed by atoms with van der Waals surface area (Å²) in [6, 6.07) is 0. The molecule has 0 radical (unpaired) electrons. The molecule has 3 fully saturated rings. The van der Waals surface area contributed by atoms with Gasteiger partial charge in [-0.05, 0) is 18.8 Å². The van der Waals surface area contributed by atoms with Crippen molar-refractivity contribution >= 4 is 11.9 Å². The van der Waals surface area contributed by atoms with Crippen LogP contribution in [0.4, 0.5) is 0 Å². The molecule has 3 aliphatic heterocycles. The maximum Gasteiger partial charge on any atom is 0.316 e. The van der Waals surface area contributed by atoms with E-state index in [1.807, 2.05) is 0 Å². The molecule has 1 atom stereocenters. The molecule has 3 rings (SSSR count). The summed E-state index contributed by atoms with van der Waals surface area (Å²) >= 11 is 0. The van der Waals surface area contributed by atoms with Crippen molar-refractivity contribution in [3.05, 3.63) is 0 Å². The molecule has 3 saturated heterocycles. The lowest BCUT2D eigenvalue weighted by Crippen LogP contribution is -2.54. The number of carboxylic acids is 1. The van der Waals surface area contributed by atoms with E-state index in [0.29, 0.717) is 0 Å². The van der Waals surface area contributed by atoms with E-state index in [1.165, 1.54) is 0 Å². The van der Waals surface area contributed by atoms with Gasteiger partial charge in [0.25, 0.3) is 0 Å². The summed E-state index contributed by atoms with van der Waals surface area (Å²) in [4.78, 5) is 23.7. The van der Waals surface area contributed by atoms with Gasteiger partial charge in [0.2, 0.25) is 5.91 Å². The van der Waals surface area contributed by atoms with E-state index in [-0.39, 0.29) is 11.8 Å². The topological polar surface area (TPSA) is 57.6 Å². The number of carboxylic acid groups (broad SMARTS) is 1. The van der Waals surface area contributed by atoms with Crippen LogP contribution in [0.5, 0.6) is 0 Å². The summed E-state index contributed by atoms with van der Waals surface area (Å²) in [7, 11) is 0. The number of amides is 1. The molecule has 0 aliphatic carbocycles. The molecule has 0 aromatic heterocycles. The van der Waals surface area contributed by atoms with Crippen LogP contribution in [0.25, 0.3) is 0 Å². The van der Waals surface area contributed by atoms with Crippen molar-refractivity contribution in [2.45, 2.75) is 12.8 Å². The predicted octanol–water partition coefficient (Wildman–Crippen LogP) is -0.0606. The normalized spacial score (nSPS) is 34.0. The lowest BCUT2D eigenvalue weighted by molar-refractivity contribution is -0.161. The summed E-state index contributed by atoms with van der Waals surface area (Å²) < 4.78 is 0. The summed E-state index contributed by atoms with van der Waals surface area (Å²) in [5.74, 6) is -1.77. The van der Waals surface area contributed by atoms with Crippen molar-refractivity contribution in [1.29, 1.82) is 0 Å². The van der Waals surface area contributed by atoms with Gasteiger partial charge in [-0.15, -0.1) is 0 Å². The van der Waals surface area contributed by atoms with Gasteiger partial charge in [0.05, 0.1) is 0 Å². The predicted molar refractivity (Wildman–Crippen MR) is 40.4 cm³/mol. The first-order valence-electron chi connectivity index (χ1n) is 4.22. The number of nitrogens with zero attached hydrogens (tertiary/aromatic N) is 1. The third-order valence-corrected chi connectivity index (χ3v) is 2.85. The van der Waals surface area contributed by atoms with E-state index in [9.17, 15) is 9.59 Å². The first-order valence-corrected chi connectivity index (χ1v) is 4.22. The van der Waals surface area contributed by atoms with E-state index in [2.05, 4.69) is 0 Å². The van der Waals surface area contributed by atoms with Crippen molar-refractivity contribution < 1.29 is 14.7 Å². The van der Waals surface area contributed by atoms with Crippen molar-refractivity contribution in [3.8, 4) is 0 Å². The van der Waals surface area contributed by atoms with Gasteiger partial charge in [0.1, 0.15) is 5.92 Å². The number of hydrogen-bond donors (Lipinski definition) is 1. The summed E-state index contributed by atoms with van der Waals surface area (Å²) in [6.45, 7) is 1.51. The van der Waals surface area contributed by atoms with Crippen molar-refractivity contribution in [1.82, 2.24) is 4.90 Å². The Labute approximate surface area is 70.2 Å². The molecule has 66 valence electrons. The second kappa shape index (κ2) is 2.47. The van der Waals surface area contributed by atoms with Crippen LogP contribution < -0.4 is 0 Å².